The molecule has 0 N–H and O–H groups in total. The lowest BCUT2D eigenvalue weighted by molar-refractivity contribution is 0.164. The molecule has 0 heterocycles. The van der Waals surface area contributed by atoms with E-state index in [4.69, 9.17) is 9.47 Å². The number of hydrogen-bond donors (Lipinski definition) is 0. The van der Waals surface area contributed by atoms with E-state index in [1.165, 1.54) is 0 Å². The number of rotatable bonds is 11. The minimum absolute atomic E-state index is 0.821. The summed E-state index contributed by atoms with van der Waals surface area (Å²) in [4.78, 5) is 0. The Morgan fingerprint density at radius 1 is 0.786 bits per heavy atom. The number of hydrogen-bond acceptors (Lipinski definition) is 6. The van der Waals surface area contributed by atoms with Gasteiger partial charge < -0.3 is 9.47 Å². The van der Waals surface area contributed by atoms with Gasteiger partial charge in [0, 0.05) is 24.7 Å². The second-order valence-electron chi connectivity index (χ2n) is 2.17. The van der Waals surface area contributed by atoms with Crippen molar-refractivity contribution in [1.29, 1.82) is 0 Å². The molecule has 0 saturated carbocycles. The molecular formula is C8H18O2S4. The molecule has 0 fully saturated rings. The van der Waals surface area contributed by atoms with Crippen LogP contribution in [0.2, 0.25) is 0 Å². The van der Waals surface area contributed by atoms with Crippen LogP contribution < -0.4 is 0 Å². The predicted molar refractivity (Wildman–Crippen MR) is 73.1 cm³/mol. The van der Waals surface area contributed by atoms with Gasteiger partial charge in [-0.3, -0.25) is 0 Å². The lowest BCUT2D eigenvalue weighted by Gasteiger charge is -2.01. The van der Waals surface area contributed by atoms with E-state index in [1.807, 2.05) is 55.1 Å². The quantitative estimate of drug-likeness (QED) is 0.419. The van der Waals surface area contributed by atoms with Crippen molar-refractivity contribution in [3.05, 3.63) is 0 Å². The molecule has 0 aliphatic rings. The van der Waals surface area contributed by atoms with Gasteiger partial charge in [0.25, 0.3) is 0 Å². The summed E-state index contributed by atoms with van der Waals surface area (Å²) < 4.78 is 10.4. The van der Waals surface area contributed by atoms with E-state index < -0.39 is 0 Å². The molecule has 0 unspecified atom stereocenters. The lowest BCUT2D eigenvalue weighted by Crippen LogP contribution is -1.94. The largest absolute Gasteiger partial charge is 0.381 e. The molecule has 0 aliphatic carbocycles. The van der Waals surface area contributed by atoms with Gasteiger partial charge in [-0.25, -0.2) is 0 Å². The summed E-state index contributed by atoms with van der Waals surface area (Å²) in [5.74, 6) is 2.13. The third kappa shape index (κ3) is 13.3. The Morgan fingerprint density at radius 3 is 1.57 bits per heavy atom. The Bertz CT molecular complexity index is 93.3. The Balaban J connectivity index is 2.78. The zero-order valence-corrected chi connectivity index (χ0v) is 12.0. The van der Waals surface area contributed by atoms with Crippen molar-refractivity contribution in [2.75, 3.05) is 37.9 Å². The van der Waals surface area contributed by atoms with Crippen LogP contribution in [-0.2, 0) is 9.47 Å². The summed E-state index contributed by atoms with van der Waals surface area (Å²) in [6.45, 7) is 7.41. The third-order valence-electron chi connectivity index (χ3n) is 1.15. The smallest absolute Gasteiger partial charge is 0.0565 e. The highest BCUT2D eigenvalue weighted by Crippen LogP contribution is 2.42. The average Bonchev–Trinajstić information content (AvgIpc) is 2.21. The first-order chi connectivity index (χ1) is 6.91. The summed E-state index contributed by atoms with van der Waals surface area (Å²) in [6, 6.07) is 0. The molecule has 2 nitrogen and oxygen atoms in total. The Hall–Kier alpha value is 1.32. The normalized spacial score (nSPS) is 10.7. The van der Waals surface area contributed by atoms with Crippen molar-refractivity contribution in [1.82, 2.24) is 0 Å². The van der Waals surface area contributed by atoms with Crippen molar-refractivity contribution in [3.63, 3.8) is 0 Å². The summed E-state index contributed by atoms with van der Waals surface area (Å²) in [6.07, 6.45) is 0. The van der Waals surface area contributed by atoms with Gasteiger partial charge in [-0.15, -0.1) is 0 Å². The second-order valence-corrected chi connectivity index (χ2v) is 8.41. The van der Waals surface area contributed by atoms with E-state index in [-0.39, 0.29) is 0 Å². The fourth-order valence-electron chi connectivity index (χ4n) is 0.582. The van der Waals surface area contributed by atoms with Crippen LogP contribution in [-0.4, -0.2) is 37.9 Å². The van der Waals surface area contributed by atoms with Gasteiger partial charge in [-0.05, 0) is 33.5 Å². The standard InChI is InChI=1S/C8H18O2S4/c1-3-9-5-7-11-13-14-12-8-6-10-4-2/h3-8H2,1-2H3. The average molecular weight is 274 g/mol. The van der Waals surface area contributed by atoms with Gasteiger partial charge in [-0.2, -0.15) is 0 Å². The fraction of sp³-hybridized carbons (Fsp3) is 1.00. The highest BCUT2D eigenvalue weighted by Gasteiger charge is 1.93. The summed E-state index contributed by atoms with van der Waals surface area (Å²) in [5.41, 5.74) is 0. The van der Waals surface area contributed by atoms with Crippen molar-refractivity contribution >= 4 is 41.2 Å². The van der Waals surface area contributed by atoms with Gasteiger partial charge in [0.2, 0.25) is 0 Å². The minimum Gasteiger partial charge on any atom is -0.381 e. The van der Waals surface area contributed by atoms with Crippen LogP contribution in [0.3, 0.4) is 0 Å². The highest BCUT2D eigenvalue weighted by molar-refractivity contribution is 9.26. The maximum Gasteiger partial charge on any atom is 0.0565 e. The van der Waals surface area contributed by atoms with E-state index >= 15 is 0 Å². The maximum absolute atomic E-state index is 5.22. The Kier molecular flexibility index (Phi) is 15.7. The topological polar surface area (TPSA) is 18.5 Å². The van der Waals surface area contributed by atoms with E-state index in [0.29, 0.717) is 0 Å². The van der Waals surface area contributed by atoms with Crippen LogP contribution in [0, 0.1) is 0 Å². The predicted octanol–water partition coefficient (Wildman–Crippen LogP) is 3.74. The van der Waals surface area contributed by atoms with Gasteiger partial charge in [0.05, 0.1) is 13.2 Å². The SMILES string of the molecule is CCOCCSSSSCCOCC. The molecule has 0 spiro atoms. The van der Waals surface area contributed by atoms with Crippen LogP contribution in [0.1, 0.15) is 13.8 Å². The molecule has 0 aliphatic heterocycles. The minimum atomic E-state index is 0.821. The van der Waals surface area contributed by atoms with Gasteiger partial charge in [0.1, 0.15) is 0 Å². The van der Waals surface area contributed by atoms with Crippen molar-refractivity contribution in [2.24, 2.45) is 0 Å². The van der Waals surface area contributed by atoms with E-state index in [9.17, 15) is 0 Å². The summed E-state index contributed by atoms with van der Waals surface area (Å²) in [5, 5.41) is 0. The van der Waals surface area contributed by atoms with Gasteiger partial charge >= 0.3 is 0 Å². The van der Waals surface area contributed by atoms with Gasteiger partial charge in [-0.1, -0.05) is 21.6 Å². The van der Waals surface area contributed by atoms with Crippen LogP contribution in [0.25, 0.3) is 0 Å². The maximum atomic E-state index is 5.22. The first kappa shape index (κ1) is 15.3. The molecule has 86 valence electrons. The van der Waals surface area contributed by atoms with Gasteiger partial charge in [0.15, 0.2) is 0 Å². The van der Waals surface area contributed by atoms with Crippen LogP contribution >= 0.6 is 41.2 Å². The molecule has 0 rings (SSSR count). The van der Waals surface area contributed by atoms with E-state index in [0.717, 1.165) is 37.9 Å². The first-order valence-electron chi connectivity index (χ1n) is 4.65. The van der Waals surface area contributed by atoms with Crippen LogP contribution in [0.5, 0.6) is 0 Å². The number of ether oxygens (including phenoxy) is 2. The van der Waals surface area contributed by atoms with Crippen molar-refractivity contribution < 1.29 is 9.47 Å². The summed E-state index contributed by atoms with van der Waals surface area (Å²) in [7, 11) is 7.34. The monoisotopic (exact) mass is 274 g/mol. The highest BCUT2D eigenvalue weighted by atomic mass is 33.7. The second kappa shape index (κ2) is 14.3. The molecular weight excluding hydrogens is 256 g/mol. The molecule has 0 aromatic rings. The lowest BCUT2D eigenvalue weighted by atomic mass is 10.8. The molecule has 0 aromatic carbocycles. The third-order valence-corrected chi connectivity index (χ3v) is 7.54. The molecule has 0 bridgehead atoms. The fourth-order valence-corrected chi connectivity index (χ4v) is 6.27. The van der Waals surface area contributed by atoms with Crippen LogP contribution in [0.15, 0.2) is 0 Å². The Labute approximate surface area is 102 Å². The summed E-state index contributed by atoms with van der Waals surface area (Å²) >= 11 is 0. The zero-order valence-electron chi connectivity index (χ0n) is 8.69. The van der Waals surface area contributed by atoms with E-state index in [2.05, 4.69) is 0 Å². The van der Waals surface area contributed by atoms with Crippen LogP contribution in [0.4, 0.5) is 0 Å². The molecule has 0 radical (unpaired) electrons. The molecule has 6 heteroatoms. The van der Waals surface area contributed by atoms with Crippen molar-refractivity contribution in [3.8, 4) is 0 Å². The molecule has 0 saturated heterocycles. The van der Waals surface area contributed by atoms with Crippen molar-refractivity contribution in [2.45, 2.75) is 13.8 Å². The molecule has 14 heavy (non-hydrogen) atoms. The molecule has 0 aromatic heterocycles. The molecule has 0 amide bonds. The Morgan fingerprint density at radius 2 is 1.21 bits per heavy atom. The zero-order chi connectivity index (χ0) is 10.5. The first-order valence-corrected chi connectivity index (χ1v) is 9.80. The molecule has 0 atom stereocenters. The van der Waals surface area contributed by atoms with E-state index in [1.54, 1.807) is 0 Å².